The molecule has 21 heteroatoms. The highest BCUT2D eigenvalue weighted by Gasteiger charge is 2.30. The number of carbonyl (C=O) groups excluding carboxylic acids is 7. The Morgan fingerprint density at radius 2 is 1.13 bits per heavy atom. The Kier molecular flexibility index (Phi) is 21.8. The summed E-state index contributed by atoms with van der Waals surface area (Å²) in [6.07, 6.45) is -2.70. The summed E-state index contributed by atoms with van der Waals surface area (Å²) in [5, 5.41) is 6.86. The van der Waals surface area contributed by atoms with E-state index in [1.807, 2.05) is 5.32 Å². The van der Waals surface area contributed by atoms with Gasteiger partial charge in [0.05, 0.1) is 0 Å². The van der Waals surface area contributed by atoms with Crippen LogP contribution in [0.25, 0.3) is 0 Å². The Labute approximate surface area is 391 Å². The molecule has 67 heavy (non-hydrogen) atoms. The van der Waals surface area contributed by atoms with E-state index in [9.17, 15) is 33.6 Å². The Morgan fingerprint density at radius 3 is 1.63 bits per heavy atom. The fourth-order valence-electron chi connectivity index (χ4n) is 5.90. The molecule has 0 bridgehead atoms. The summed E-state index contributed by atoms with van der Waals surface area (Å²) < 4.78 is 21.2. The van der Waals surface area contributed by atoms with Crippen molar-refractivity contribution in [2.75, 3.05) is 26.4 Å². The first-order valence-corrected chi connectivity index (χ1v) is 22.0. The van der Waals surface area contributed by atoms with Gasteiger partial charge in [-0.2, -0.15) is 4.99 Å². The number of imide groups is 1. The van der Waals surface area contributed by atoms with Crippen molar-refractivity contribution in [1.29, 1.82) is 0 Å². The number of alkyl carbamates (subject to hydrolysis) is 2. The molecule has 0 aliphatic heterocycles. The summed E-state index contributed by atoms with van der Waals surface area (Å²) in [5.74, 6) is -1.97. The number of amidine groups is 1. The Hall–Kier alpha value is -7.78. The number of guanidine groups is 1. The molecule has 0 saturated heterocycles. The number of hydrogen-bond donors (Lipinski definition) is 5. The molecule has 0 fully saturated rings. The lowest BCUT2D eigenvalue weighted by molar-refractivity contribution is -0.138. The molecule has 7 N–H and O–H groups in total. The first kappa shape index (κ1) is 51.9. The lowest BCUT2D eigenvalue weighted by Crippen LogP contribution is -2.53. The van der Waals surface area contributed by atoms with Gasteiger partial charge in [-0.1, -0.05) is 133 Å². The predicted molar refractivity (Wildman–Crippen MR) is 249 cm³/mol. The lowest BCUT2D eigenvalue weighted by atomic mass is 10.1. The van der Waals surface area contributed by atoms with Crippen molar-refractivity contribution >= 4 is 65.1 Å². The zero-order valence-electron chi connectivity index (χ0n) is 36.9. The average molecular weight is 940 g/mol. The summed E-state index contributed by atoms with van der Waals surface area (Å²) in [7, 11) is 1.33. The maximum atomic E-state index is 13.8. The SMILES string of the molecule is CS/C(=N\C(=O)NC(=O)OCc1ccccc1)NC(=O)C(CN)N(C)C(=O)C[C@H](CCCN(C(=O)OCc1ccccc1)/C(N)=N/C(=O)OCc1ccccc1)NC(=O)OCc1ccccc1. The molecule has 0 radical (unpaired) electrons. The molecule has 0 aliphatic carbocycles. The van der Waals surface area contributed by atoms with E-state index in [0.717, 1.165) is 21.6 Å². The standard InChI is InChI=1S/C46H53N9O11S/c1-54(37(27-47)39(57)50-42(67-2)52-41(58)53-45(61)65-30-34-20-11-5-12-21-34)38(56)26-36(49-43(59)63-28-32-16-7-3-8-17-32)24-15-25-55(46(62)66-31-35-22-13-6-14-23-35)40(48)51-44(60)64-29-33-18-9-4-10-19-33/h3-14,16-23,36-37H,15,24-31,47H2,1-2H3,(H,49,59)(H2,48,51,60)(H2,50,52,53,57,58,61)/t36-,37?/m0/s1. The zero-order valence-corrected chi connectivity index (χ0v) is 37.7. The zero-order chi connectivity index (χ0) is 48.4. The van der Waals surface area contributed by atoms with E-state index in [1.54, 1.807) is 121 Å². The van der Waals surface area contributed by atoms with Gasteiger partial charge in [-0.15, -0.1) is 4.99 Å². The maximum absolute atomic E-state index is 13.8. The van der Waals surface area contributed by atoms with Crippen LogP contribution in [0.15, 0.2) is 131 Å². The molecule has 0 aromatic heterocycles. The maximum Gasteiger partial charge on any atom is 0.437 e. The van der Waals surface area contributed by atoms with Crippen LogP contribution in [0, 0.1) is 0 Å². The van der Waals surface area contributed by atoms with Crippen LogP contribution in [-0.2, 0) is 55.0 Å². The molecule has 8 amide bonds. The van der Waals surface area contributed by atoms with E-state index in [-0.39, 0.29) is 63.9 Å². The Bertz CT molecular complexity index is 2310. The number of carbonyl (C=O) groups is 7. The van der Waals surface area contributed by atoms with E-state index in [4.69, 9.17) is 30.4 Å². The van der Waals surface area contributed by atoms with Gasteiger partial charge in [-0.3, -0.25) is 9.59 Å². The van der Waals surface area contributed by atoms with Crippen molar-refractivity contribution in [2.24, 2.45) is 21.5 Å². The molecule has 0 heterocycles. The molecule has 0 spiro atoms. The number of benzene rings is 4. The van der Waals surface area contributed by atoms with Crippen molar-refractivity contribution in [1.82, 2.24) is 25.8 Å². The van der Waals surface area contributed by atoms with Crippen molar-refractivity contribution in [2.45, 2.75) is 57.8 Å². The predicted octanol–water partition coefficient (Wildman–Crippen LogP) is 5.41. The van der Waals surface area contributed by atoms with Gasteiger partial charge in [-0.25, -0.2) is 34.2 Å². The summed E-state index contributed by atoms with van der Waals surface area (Å²) in [6.45, 7) is -0.967. The molecule has 4 rings (SSSR count). The van der Waals surface area contributed by atoms with Crippen LogP contribution in [0.4, 0.5) is 24.0 Å². The van der Waals surface area contributed by atoms with Gasteiger partial charge in [0.2, 0.25) is 17.8 Å². The van der Waals surface area contributed by atoms with E-state index < -0.39 is 60.3 Å². The number of nitrogens with two attached hydrogens (primary N) is 2. The number of urea groups is 1. The molecule has 20 nitrogen and oxygen atoms in total. The van der Waals surface area contributed by atoms with Crippen LogP contribution in [0.3, 0.4) is 0 Å². The fraction of sp³-hybridized carbons (Fsp3) is 0.283. The van der Waals surface area contributed by atoms with Crippen molar-refractivity contribution < 1.29 is 52.5 Å². The lowest BCUT2D eigenvalue weighted by Gasteiger charge is -2.28. The van der Waals surface area contributed by atoms with E-state index in [2.05, 4.69) is 20.6 Å². The van der Waals surface area contributed by atoms with Gasteiger partial charge < -0.3 is 45.9 Å². The summed E-state index contributed by atoms with van der Waals surface area (Å²) in [4.78, 5) is 101. The van der Waals surface area contributed by atoms with Gasteiger partial charge in [-0.05, 0) is 41.4 Å². The largest absolute Gasteiger partial charge is 0.445 e. The van der Waals surface area contributed by atoms with Crippen LogP contribution in [-0.4, -0.2) is 102 Å². The average Bonchev–Trinajstić information content (AvgIpc) is 3.33. The summed E-state index contributed by atoms with van der Waals surface area (Å²) >= 11 is 0.873. The second-order valence-corrected chi connectivity index (χ2v) is 15.1. The summed E-state index contributed by atoms with van der Waals surface area (Å²) in [6, 6.07) is 32.0. The van der Waals surface area contributed by atoms with Gasteiger partial charge >= 0.3 is 30.4 Å². The topological polar surface area (TPSA) is 276 Å². The van der Waals surface area contributed by atoms with Crippen molar-refractivity contribution in [3.63, 3.8) is 0 Å². The minimum Gasteiger partial charge on any atom is -0.445 e. The first-order chi connectivity index (χ1) is 32.3. The summed E-state index contributed by atoms with van der Waals surface area (Å²) in [5.41, 5.74) is 14.9. The van der Waals surface area contributed by atoms with Gasteiger partial charge in [0.1, 0.15) is 32.5 Å². The van der Waals surface area contributed by atoms with Crippen LogP contribution in [0.1, 0.15) is 41.5 Å². The third-order valence-corrected chi connectivity index (χ3v) is 10.0. The highest BCUT2D eigenvalue weighted by Crippen LogP contribution is 2.13. The Balaban J connectivity index is 1.44. The molecule has 2 atom stereocenters. The van der Waals surface area contributed by atoms with Crippen molar-refractivity contribution in [3.05, 3.63) is 144 Å². The number of nitrogens with one attached hydrogen (secondary N) is 3. The van der Waals surface area contributed by atoms with Crippen LogP contribution in [0.5, 0.6) is 0 Å². The molecule has 0 aliphatic rings. The highest BCUT2D eigenvalue weighted by molar-refractivity contribution is 8.13. The molecule has 4 aromatic rings. The first-order valence-electron chi connectivity index (χ1n) is 20.8. The second-order valence-electron chi connectivity index (χ2n) is 14.3. The molecular formula is C46H53N9O11S. The number of rotatable bonds is 18. The molecule has 354 valence electrons. The minimum atomic E-state index is -1.29. The van der Waals surface area contributed by atoms with E-state index in [1.165, 1.54) is 13.3 Å². The van der Waals surface area contributed by atoms with Gasteiger partial charge in [0.15, 0.2) is 5.17 Å². The smallest absolute Gasteiger partial charge is 0.437 e. The number of likely N-dealkylation sites (N-methyl/N-ethyl adjacent to an activating group) is 1. The van der Waals surface area contributed by atoms with Crippen LogP contribution >= 0.6 is 11.8 Å². The van der Waals surface area contributed by atoms with Crippen LogP contribution < -0.4 is 27.4 Å². The van der Waals surface area contributed by atoms with E-state index >= 15 is 0 Å². The number of thioether (sulfide) groups is 1. The molecule has 0 saturated carbocycles. The van der Waals surface area contributed by atoms with Gasteiger partial charge in [0, 0.05) is 32.6 Å². The quantitative estimate of drug-likeness (QED) is 0.0474. The highest BCUT2D eigenvalue weighted by atomic mass is 32.2. The number of ether oxygens (including phenoxy) is 4. The van der Waals surface area contributed by atoms with Gasteiger partial charge in [0.25, 0.3) is 0 Å². The van der Waals surface area contributed by atoms with Crippen molar-refractivity contribution in [3.8, 4) is 0 Å². The Morgan fingerprint density at radius 1 is 0.657 bits per heavy atom. The number of nitrogens with zero attached hydrogens (tertiary/aromatic N) is 4. The third kappa shape index (κ3) is 19.1. The molecule has 4 aromatic carbocycles. The number of aliphatic imine (C=N–C) groups is 2. The fourth-order valence-corrected chi connectivity index (χ4v) is 6.28. The minimum absolute atomic E-state index is 0.0277. The van der Waals surface area contributed by atoms with E-state index in [0.29, 0.717) is 22.3 Å². The third-order valence-electron chi connectivity index (χ3n) is 9.44. The monoisotopic (exact) mass is 939 g/mol. The number of hydrogen-bond acceptors (Lipinski definition) is 13. The molecular weight excluding hydrogens is 887 g/mol. The molecule has 1 unspecified atom stereocenters. The second kappa shape index (κ2) is 28.2. The van der Waals surface area contributed by atoms with Crippen LogP contribution in [0.2, 0.25) is 0 Å². The normalized spacial score (nSPS) is 12.0. The number of amides is 8.